The lowest BCUT2D eigenvalue weighted by Crippen LogP contribution is -2.20. The Balaban J connectivity index is 1.65. The summed E-state index contributed by atoms with van der Waals surface area (Å²) in [6.45, 7) is 1.92. The number of thiophene rings is 1. The average molecular weight is 398 g/mol. The number of aromatic nitrogens is 2. The highest BCUT2D eigenvalue weighted by atomic mass is 32.1. The van der Waals surface area contributed by atoms with Crippen LogP contribution in [-0.2, 0) is 4.74 Å². The Bertz CT molecular complexity index is 996. The number of carbonyl (C=O) groups excluding carboxylic acids is 1. The van der Waals surface area contributed by atoms with Crippen molar-refractivity contribution in [3.8, 4) is 5.75 Å². The van der Waals surface area contributed by atoms with Gasteiger partial charge in [-0.15, -0.1) is 11.3 Å². The number of nitrogens with one attached hydrogen (secondary N) is 1. The smallest absolute Gasteiger partial charge is 0.348 e. The predicted molar refractivity (Wildman–Crippen MR) is 111 cm³/mol. The van der Waals surface area contributed by atoms with Gasteiger partial charge in [-0.3, -0.25) is 0 Å². The molecule has 4 rings (SSSR count). The monoisotopic (exact) mass is 397 g/mol. The van der Waals surface area contributed by atoms with Crippen LogP contribution in [0.25, 0.3) is 10.2 Å². The molecular weight excluding hydrogens is 374 g/mol. The molecule has 2 aromatic heterocycles. The number of rotatable bonds is 5. The van der Waals surface area contributed by atoms with E-state index in [1.165, 1.54) is 24.1 Å². The van der Waals surface area contributed by atoms with Crippen molar-refractivity contribution in [3.05, 3.63) is 41.0 Å². The molecule has 1 aliphatic carbocycles. The summed E-state index contributed by atoms with van der Waals surface area (Å²) in [5.74, 6) is 1.12. The third-order valence-corrected chi connectivity index (χ3v) is 6.28. The minimum absolute atomic E-state index is 0.0307. The van der Waals surface area contributed by atoms with Crippen molar-refractivity contribution in [2.75, 3.05) is 12.4 Å². The maximum atomic E-state index is 12.8. The fourth-order valence-electron chi connectivity index (χ4n) is 3.62. The number of nitrogens with zero attached hydrogens (tertiary/aromatic N) is 2. The first kappa shape index (κ1) is 18.7. The molecule has 7 heteroatoms. The standard InChI is InChI=1S/C21H23N3O3S/c1-13-17-19(24-15-10-6-7-11-16(15)26-2)22-12-23-20(17)28-18(13)21(25)27-14-8-4-3-5-9-14/h6-7,10-12,14H,3-5,8-9H2,1-2H3,(H,22,23,24). The van der Waals surface area contributed by atoms with Crippen LogP contribution in [0.1, 0.15) is 47.3 Å². The molecule has 146 valence electrons. The van der Waals surface area contributed by atoms with E-state index >= 15 is 0 Å². The highest BCUT2D eigenvalue weighted by Crippen LogP contribution is 2.36. The van der Waals surface area contributed by atoms with Gasteiger partial charge in [0.25, 0.3) is 0 Å². The number of ether oxygens (including phenoxy) is 2. The number of carbonyl (C=O) groups is 1. The van der Waals surface area contributed by atoms with Gasteiger partial charge in [0.1, 0.15) is 33.7 Å². The summed E-state index contributed by atoms with van der Waals surface area (Å²) in [6.07, 6.45) is 6.93. The number of para-hydroxylation sites is 2. The SMILES string of the molecule is COc1ccccc1Nc1ncnc2sc(C(=O)OC3CCCCC3)c(C)c12. The molecule has 3 aromatic rings. The van der Waals surface area contributed by atoms with Gasteiger partial charge in [-0.25, -0.2) is 14.8 Å². The summed E-state index contributed by atoms with van der Waals surface area (Å²) < 4.78 is 11.2. The highest BCUT2D eigenvalue weighted by Gasteiger charge is 2.24. The molecule has 2 heterocycles. The van der Waals surface area contributed by atoms with E-state index in [1.54, 1.807) is 7.11 Å². The van der Waals surface area contributed by atoms with Crippen LogP contribution in [0, 0.1) is 6.92 Å². The second-order valence-electron chi connectivity index (χ2n) is 6.95. The summed E-state index contributed by atoms with van der Waals surface area (Å²) in [5, 5.41) is 4.16. The van der Waals surface area contributed by atoms with E-state index in [1.807, 2.05) is 31.2 Å². The number of fused-ring (bicyclic) bond motifs is 1. The maximum absolute atomic E-state index is 12.8. The number of esters is 1. The molecule has 0 bridgehead atoms. The van der Waals surface area contributed by atoms with Gasteiger partial charge < -0.3 is 14.8 Å². The molecule has 0 aliphatic heterocycles. The number of methoxy groups -OCH3 is 1. The van der Waals surface area contributed by atoms with Crippen LogP contribution in [0.3, 0.4) is 0 Å². The molecule has 1 fully saturated rings. The minimum Gasteiger partial charge on any atom is -0.495 e. The van der Waals surface area contributed by atoms with E-state index in [0.717, 1.165) is 52.9 Å². The van der Waals surface area contributed by atoms with E-state index in [9.17, 15) is 4.79 Å². The molecule has 6 nitrogen and oxygen atoms in total. The zero-order chi connectivity index (χ0) is 19.5. The van der Waals surface area contributed by atoms with Crippen molar-refractivity contribution in [3.63, 3.8) is 0 Å². The second kappa shape index (κ2) is 8.14. The summed E-state index contributed by atoms with van der Waals surface area (Å²) in [4.78, 5) is 22.9. The first-order valence-corrected chi connectivity index (χ1v) is 10.3. The van der Waals surface area contributed by atoms with Crippen LogP contribution in [0.4, 0.5) is 11.5 Å². The van der Waals surface area contributed by atoms with Gasteiger partial charge >= 0.3 is 5.97 Å². The molecule has 1 aliphatic rings. The molecule has 0 atom stereocenters. The van der Waals surface area contributed by atoms with Crippen molar-refractivity contribution in [2.45, 2.75) is 45.1 Å². The van der Waals surface area contributed by atoms with Gasteiger partial charge in [-0.05, 0) is 50.3 Å². The van der Waals surface area contributed by atoms with Crippen LogP contribution in [0.2, 0.25) is 0 Å². The largest absolute Gasteiger partial charge is 0.495 e. The van der Waals surface area contributed by atoms with Crippen LogP contribution < -0.4 is 10.1 Å². The Kier molecular flexibility index (Phi) is 5.43. The summed E-state index contributed by atoms with van der Waals surface area (Å²) >= 11 is 1.36. The molecule has 0 saturated heterocycles. The van der Waals surface area contributed by atoms with Crippen molar-refractivity contribution < 1.29 is 14.3 Å². The van der Waals surface area contributed by atoms with E-state index in [2.05, 4.69) is 15.3 Å². The number of benzene rings is 1. The van der Waals surface area contributed by atoms with E-state index in [4.69, 9.17) is 9.47 Å². The summed E-state index contributed by atoms with van der Waals surface area (Å²) in [7, 11) is 1.63. The van der Waals surface area contributed by atoms with Gasteiger partial charge in [0.2, 0.25) is 0 Å². The van der Waals surface area contributed by atoms with Gasteiger partial charge in [0.15, 0.2) is 0 Å². The first-order valence-electron chi connectivity index (χ1n) is 9.52. The Hall–Kier alpha value is -2.67. The quantitative estimate of drug-likeness (QED) is 0.594. The number of hydrogen-bond donors (Lipinski definition) is 1. The van der Waals surface area contributed by atoms with E-state index in [-0.39, 0.29) is 12.1 Å². The van der Waals surface area contributed by atoms with E-state index in [0.29, 0.717) is 10.7 Å². The normalized spacial score (nSPS) is 14.8. The van der Waals surface area contributed by atoms with Gasteiger partial charge in [-0.1, -0.05) is 18.6 Å². The predicted octanol–water partition coefficient (Wildman–Crippen LogP) is 5.24. The molecule has 0 radical (unpaired) electrons. The number of anilines is 2. The first-order chi connectivity index (χ1) is 13.7. The fourth-order valence-corrected chi connectivity index (χ4v) is 4.66. The van der Waals surface area contributed by atoms with Crippen LogP contribution in [-0.4, -0.2) is 29.2 Å². The Morgan fingerprint density at radius 3 is 2.75 bits per heavy atom. The summed E-state index contributed by atoms with van der Waals surface area (Å²) in [6, 6.07) is 7.65. The molecule has 1 aromatic carbocycles. The molecule has 0 spiro atoms. The second-order valence-corrected chi connectivity index (χ2v) is 7.95. The Labute approximate surface area is 167 Å². The Morgan fingerprint density at radius 2 is 1.96 bits per heavy atom. The lowest BCUT2D eigenvalue weighted by molar-refractivity contribution is 0.0216. The van der Waals surface area contributed by atoms with Crippen LogP contribution >= 0.6 is 11.3 Å². The van der Waals surface area contributed by atoms with Gasteiger partial charge in [0.05, 0.1) is 18.2 Å². The van der Waals surface area contributed by atoms with Crippen molar-refractivity contribution in [2.24, 2.45) is 0 Å². The van der Waals surface area contributed by atoms with E-state index < -0.39 is 0 Å². The fraction of sp³-hybridized carbons (Fsp3) is 0.381. The lowest BCUT2D eigenvalue weighted by Gasteiger charge is -2.21. The summed E-state index contributed by atoms with van der Waals surface area (Å²) in [5.41, 5.74) is 1.65. The molecule has 1 N–H and O–H groups in total. The zero-order valence-corrected chi connectivity index (χ0v) is 16.8. The zero-order valence-electron chi connectivity index (χ0n) is 16.0. The molecule has 28 heavy (non-hydrogen) atoms. The third-order valence-electron chi connectivity index (χ3n) is 5.10. The molecule has 0 unspecified atom stereocenters. The topological polar surface area (TPSA) is 73.3 Å². The van der Waals surface area contributed by atoms with Crippen molar-refractivity contribution in [1.82, 2.24) is 9.97 Å². The molecule has 0 amide bonds. The van der Waals surface area contributed by atoms with Crippen LogP contribution in [0.5, 0.6) is 5.75 Å². The van der Waals surface area contributed by atoms with Crippen molar-refractivity contribution in [1.29, 1.82) is 0 Å². The number of hydrogen-bond acceptors (Lipinski definition) is 7. The molecule has 1 saturated carbocycles. The minimum atomic E-state index is -0.254. The molecular formula is C21H23N3O3S. The Morgan fingerprint density at radius 1 is 1.18 bits per heavy atom. The van der Waals surface area contributed by atoms with Crippen LogP contribution in [0.15, 0.2) is 30.6 Å². The average Bonchev–Trinajstić information content (AvgIpc) is 3.07. The van der Waals surface area contributed by atoms with Gasteiger partial charge in [-0.2, -0.15) is 0 Å². The van der Waals surface area contributed by atoms with Crippen molar-refractivity contribution >= 4 is 39.0 Å². The van der Waals surface area contributed by atoms with Gasteiger partial charge in [0, 0.05) is 0 Å². The lowest BCUT2D eigenvalue weighted by atomic mass is 9.98. The number of aryl methyl sites for hydroxylation is 1. The highest BCUT2D eigenvalue weighted by molar-refractivity contribution is 7.20. The maximum Gasteiger partial charge on any atom is 0.348 e. The third kappa shape index (κ3) is 3.67.